The number of rotatable bonds is 4. The third kappa shape index (κ3) is 3.65. The summed E-state index contributed by atoms with van der Waals surface area (Å²) in [7, 11) is 0. The van der Waals surface area contributed by atoms with Crippen LogP contribution in [0.25, 0.3) is 34.4 Å². The van der Waals surface area contributed by atoms with E-state index in [9.17, 15) is 0 Å². The minimum atomic E-state index is 1.20. The van der Waals surface area contributed by atoms with Crippen LogP contribution in [-0.2, 0) is 0 Å². The van der Waals surface area contributed by atoms with Crippen LogP contribution in [0.5, 0.6) is 0 Å². The fourth-order valence-electron chi connectivity index (χ4n) is 3.16. The van der Waals surface area contributed by atoms with Gasteiger partial charge in [0.05, 0.1) is 0 Å². The van der Waals surface area contributed by atoms with Gasteiger partial charge in [-0.3, -0.25) is 0 Å². The van der Waals surface area contributed by atoms with E-state index < -0.39 is 0 Å². The smallest absolute Gasteiger partial charge is 0.0111 e. The summed E-state index contributed by atoms with van der Waals surface area (Å²) in [6, 6.07) is 38.2. The van der Waals surface area contributed by atoms with Crippen LogP contribution in [0.2, 0.25) is 0 Å². The fourth-order valence-corrected chi connectivity index (χ4v) is 3.16. The fraction of sp³-hybridized carbons (Fsp3) is 0. The van der Waals surface area contributed by atoms with Crippen molar-refractivity contribution in [1.82, 2.24) is 0 Å². The van der Waals surface area contributed by atoms with E-state index in [1.165, 1.54) is 33.4 Å². The molecule has 0 nitrogen and oxygen atoms in total. The van der Waals surface area contributed by atoms with Gasteiger partial charge < -0.3 is 0 Å². The van der Waals surface area contributed by atoms with E-state index in [4.69, 9.17) is 0 Å². The first-order valence-electron chi connectivity index (χ1n) is 8.88. The molecule has 0 heterocycles. The molecule has 0 aromatic heterocycles. The molecule has 0 N–H and O–H groups in total. The monoisotopic (exact) mass is 332 g/mol. The summed E-state index contributed by atoms with van der Waals surface area (Å²) in [6.45, 7) is 0. The van der Waals surface area contributed by atoms with E-state index in [-0.39, 0.29) is 0 Å². The third-order valence-electron chi connectivity index (χ3n) is 4.49. The van der Waals surface area contributed by atoms with E-state index in [0.717, 1.165) is 0 Å². The molecule has 0 bridgehead atoms. The summed E-state index contributed by atoms with van der Waals surface area (Å²) in [5.74, 6) is 0. The topological polar surface area (TPSA) is 0 Å². The minimum absolute atomic E-state index is 1.20. The van der Waals surface area contributed by atoms with Gasteiger partial charge in [-0.15, -0.1) is 0 Å². The highest BCUT2D eigenvalue weighted by Gasteiger charge is 2.01. The zero-order valence-electron chi connectivity index (χ0n) is 14.5. The Kier molecular flexibility index (Phi) is 4.75. The minimum Gasteiger partial charge on any atom is -0.0622 e. The van der Waals surface area contributed by atoms with Gasteiger partial charge in [0.2, 0.25) is 0 Å². The molecule has 4 rings (SSSR count). The lowest BCUT2D eigenvalue weighted by molar-refractivity contribution is 1.58. The van der Waals surface area contributed by atoms with Gasteiger partial charge in [0.15, 0.2) is 0 Å². The lowest BCUT2D eigenvalue weighted by atomic mass is 9.98. The maximum Gasteiger partial charge on any atom is -0.0111 e. The molecule has 0 spiro atoms. The molecule has 0 fully saturated rings. The molecule has 0 saturated carbocycles. The van der Waals surface area contributed by atoms with E-state index >= 15 is 0 Å². The third-order valence-corrected chi connectivity index (χ3v) is 4.49. The van der Waals surface area contributed by atoms with Crippen LogP contribution in [0.4, 0.5) is 0 Å². The van der Waals surface area contributed by atoms with Crippen LogP contribution in [0.15, 0.2) is 109 Å². The molecule has 4 aromatic rings. The first-order valence-corrected chi connectivity index (χ1v) is 8.88. The lowest BCUT2D eigenvalue weighted by Gasteiger charge is -2.06. The zero-order chi connectivity index (χ0) is 17.6. The Bertz CT molecular complexity index is 1010. The average Bonchev–Trinajstić information content (AvgIpc) is 2.74. The quantitative estimate of drug-likeness (QED) is 0.347. The van der Waals surface area contributed by atoms with Crippen molar-refractivity contribution in [2.75, 3.05) is 0 Å². The predicted octanol–water partition coefficient (Wildman–Crippen LogP) is 7.19. The predicted molar refractivity (Wildman–Crippen MR) is 113 cm³/mol. The van der Waals surface area contributed by atoms with Gasteiger partial charge in [-0.2, -0.15) is 0 Å². The summed E-state index contributed by atoms with van der Waals surface area (Å²) < 4.78 is 0. The van der Waals surface area contributed by atoms with Crippen LogP contribution in [0.1, 0.15) is 11.1 Å². The Balaban J connectivity index is 1.66. The van der Waals surface area contributed by atoms with Crippen LogP contribution < -0.4 is 0 Å². The standard InChI is InChI=1S/C26H20/c1-3-11-22(12-4-1)25-16-9-10-21(20-25)18-19-24-15-7-8-17-26(24)23-13-5-2-6-14-23/h1-20H. The van der Waals surface area contributed by atoms with Crippen LogP contribution in [0.3, 0.4) is 0 Å². The van der Waals surface area contributed by atoms with Crippen molar-refractivity contribution in [2.24, 2.45) is 0 Å². The molecule has 0 aliphatic carbocycles. The molecular weight excluding hydrogens is 312 g/mol. The SMILES string of the molecule is C(=Cc1ccccc1-c1ccccc1)c1cccc(-c2ccccc2)c1. The highest BCUT2D eigenvalue weighted by molar-refractivity contribution is 5.81. The van der Waals surface area contributed by atoms with Crippen LogP contribution >= 0.6 is 0 Å². The van der Waals surface area contributed by atoms with Crippen LogP contribution in [-0.4, -0.2) is 0 Å². The molecule has 0 aliphatic rings. The summed E-state index contributed by atoms with van der Waals surface area (Å²) in [4.78, 5) is 0. The number of hydrogen-bond acceptors (Lipinski definition) is 0. The van der Waals surface area contributed by atoms with Gasteiger partial charge in [-0.05, 0) is 39.4 Å². The van der Waals surface area contributed by atoms with Crippen molar-refractivity contribution >= 4 is 12.2 Å². The highest BCUT2D eigenvalue weighted by atomic mass is 14.1. The van der Waals surface area contributed by atoms with Crippen molar-refractivity contribution in [1.29, 1.82) is 0 Å². The summed E-state index contributed by atoms with van der Waals surface area (Å²) in [6.07, 6.45) is 4.39. The Morgan fingerprint density at radius 1 is 0.423 bits per heavy atom. The summed E-state index contributed by atoms with van der Waals surface area (Å²) in [5.41, 5.74) is 7.41. The van der Waals surface area contributed by atoms with E-state index in [1.807, 2.05) is 6.07 Å². The lowest BCUT2D eigenvalue weighted by Crippen LogP contribution is -1.83. The highest BCUT2D eigenvalue weighted by Crippen LogP contribution is 2.26. The van der Waals surface area contributed by atoms with Crippen molar-refractivity contribution in [2.45, 2.75) is 0 Å². The first-order chi connectivity index (χ1) is 12.9. The molecule has 0 heteroatoms. The van der Waals surface area contributed by atoms with Crippen molar-refractivity contribution in [3.8, 4) is 22.3 Å². The Morgan fingerprint density at radius 3 is 1.81 bits per heavy atom. The van der Waals surface area contributed by atoms with Crippen molar-refractivity contribution < 1.29 is 0 Å². The largest absolute Gasteiger partial charge is 0.0622 e. The van der Waals surface area contributed by atoms with Crippen LogP contribution in [0, 0.1) is 0 Å². The van der Waals surface area contributed by atoms with Gasteiger partial charge in [-0.25, -0.2) is 0 Å². The zero-order valence-corrected chi connectivity index (χ0v) is 14.5. The molecular formula is C26H20. The van der Waals surface area contributed by atoms with Crippen molar-refractivity contribution in [3.63, 3.8) is 0 Å². The number of hydrogen-bond donors (Lipinski definition) is 0. The average molecular weight is 332 g/mol. The van der Waals surface area contributed by atoms with E-state index in [0.29, 0.717) is 0 Å². The van der Waals surface area contributed by atoms with Gasteiger partial charge in [0.25, 0.3) is 0 Å². The normalized spacial score (nSPS) is 10.9. The Morgan fingerprint density at radius 2 is 1.04 bits per heavy atom. The molecule has 0 saturated heterocycles. The molecule has 0 atom stereocenters. The van der Waals surface area contributed by atoms with Gasteiger partial charge in [0, 0.05) is 0 Å². The van der Waals surface area contributed by atoms with Gasteiger partial charge in [0.1, 0.15) is 0 Å². The maximum absolute atomic E-state index is 2.23. The summed E-state index contributed by atoms with van der Waals surface area (Å²) >= 11 is 0. The molecule has 124 valence electrons. The molecule has 0 amide bonds. The molecule has 0 radical (unpaired) electrons. The second-order valence-electron chi connectivity index (χ2n) is 6.28. The molecule has 0 unspecified atom stereocenters. The Hall–Kier alpha value is -3.38. The second-order valence-corrected chi connectivity index (χ2v) is 6.28. The molecule has 4 aromatic carbocycles. The van der Waals surface area contributed by atoms with Gasteiger partial charge >= 0.3 is 0 Å². The second kappa shape index (κ2) is 7.67. The van der Waals surface area contributed by atoms with Gasteiger partial charge in [-0.1, -0.05) is 115 Å². The van der Waals surface area contributed by atoms with Crippen molar-refractivity contribution in [3.05, 3.63) is 120 Å². The number of benzene rings is 4. The maximum atomic E-state index is 2.23. The first kappa shape index (κ1) is 16.1. The van der Waals surface area contributed by atoms with E-state index in [1.54, 1.807) is 0 Å². The molecule has 26 heavy (non-hydrogen) atoms. The van der Waals surface area contributed by atoms with E-state index in [2.05, 4.69) is 115 Å². The molecule has 0 aliphatic heterocycles. The summed E-state index contributed by atoms with van der Waals surface area (Å²) in [5, 5.41) is 0. The Labute approximate surface area is 155 Å².